The zero-order valence-corrected chi connectivity index (χ0v) is 15.4. The molecule has 0 radical (unpaired) electrons. The molecule has 1 aromatic carbocycles. The van der Waals surface area contributed by atoms with Crippen molar-refractivity contribution in [3.05, 3.63) is 24.3 Å². The summed E-state index contributed by atoms with van der Waals surface area (Å²) in [5, 5.41) is 2.97. The van der Waals surface area contributed by atoms with Gasteiger partial charge in [0.2, 0.25) is 11.8 Å². The number of benzene rings is 1. The summed E-state index contributed by atoms with van der Waals surface area (Å²) in [5.74, 6) is 0.683. The van der Waals surface area contributed by atoms with Gasteiger partial charge in [-0.2, -0.15) is 0 Å². The predicted molar refractivity (Wildman–Crippen MR) is 99.4 cm³/mol. The van der Waals surface area contributed by atoms with Crippen molar-refractivity contribution in [1.29, 1.82) is 0 Å². The number of rotatable bonds is 5. The minimum atomic E-state index is -0.363. The predicted octanol–water partition coefficient (Wildman–Crippen LogP) is 2.93. The van der Waals surface area contributed by atoms with E-state index >= 15 is 0 Å². The quantitative estimate of drug-likeness (QED) is 0.890. The van der Waals surface area contributed by atoms with Gasteiger partial charge in [-0.1, -0.05) is 0 Å². The van der Waals surface area contributed by atoms with E-state index in [4.69, 9.17) is 0 Å². The van der Waals surface area contributed by atoms with Gasteiger partial charge >= 0.3 is 0 Å². The van der Waals surface area contributed by atoms with E-state index in [0.717, 1.165) is 30.9 Å². The highest BCUT2D eigenvalue weighted by Crippen LogP contribution is 2.47. The molecule has 2 aliphatic heterocycles. The zero-order valence-electron chi connectivity index (χ0n) is 14.5. The van der Waals surface area contributed by atoms with Crippen LogP contribution in [0.4, 0.5) is 11.4 Å². The first kappa shape index (κ1) is 17.1. The van der Waals surface area contributed by atoms with Crippen LogP contribution in [0, 0.1) is 0 Å². The van der Waals surface area contributed by atoms with E-state index in [9.17, 15) is 9.59 Å². The first-order valence-electron chi connectivity index (χ1n) is 8.60. The fourth-order valence-corrected chi connectivity index (χ4v) is 5.02. The van der Waals surface area contributed by atoms with E-state index < -0.39 is 0 Å². The van der Waals surface area contributed by atoms with E-state index in [0.29, 0.717) is 12.2 Å². The third-order valence-electron chi connectivity index (χ3n) is 5.01. The maximum Gasteiger partial charge on any atom is 0.248 e. The second-order valence-corrected chi connectivity index (χ2v) is 7.98. The lowest BCUT2D eigenvalue weighted by Gasteiger charge is -2.29. The van der Waals surface area contributed by atoms with Crippen molar-refractivity contribution < 1.29 is 9.59 Å². The highest BCUT2D eigenvalue weighted by atomic mass is 32.2. The maximum atomic E-state index is 12.6. The molecule has 2 amide bonds. The average Bonchev–Trinajstić information content (AvgIpc) is 3.07. The molecule has 2 saturated heterocycles. The van der Waals surface area contributed by atoms with Crippen molar-refractivity contribution in [2.75, 3.05) is 29.1 Å². The monoisotopic (exact) mass is 347 g/mol. The van der Waals surface area contributed by atoms with Crippen molar-refractivity contribution in [3.63, 3.8) is 0 Å². The molecule has 5 nitrogen and oxygen atoms in total. The second-order valence-electron chi connectivity index (χ2n) is 6.47. The van der Waals surface area contributed by atoms with E-state index in [2.05, 4.69) is 31.0 Å². The normalized spacial score (nSPS) is 25.7. The lowest BCUT2D eigenvalue weighted by atomic mass is 10.2. The summed E-state index contributed by atoms with van der Waals surface area (Å²) in [6.07, 6.45) is 1.38. The van der Waals surface area contributed by atoms with Crippen LogP contribution in [0.25, 0.3) is 0 Å². The highest BCUT2D eigenvalue weighted by molar-refractivity contribution is 8.01. The van der Waals surface area contributed by atoms with Gasteiger partial charge < -0.3 is 15.1 Å². The summed E-state index contributed by atoms with van der Waals surface area (Å²) in [5.41, 5.74) is 1.93. The summed E-state index contributed by atoms with van der Waals surface area (Å²) >= 11 is 1.72. The number of nitrogens with zero attached hydrogens (tertiary/aromatic N) is 2. The smallest absolute Gasteiger partial charge is 0.248 e. The summed E-state index contributed by atoms with van der Waals surface area (Å²) in [6.45, 7) is 8.23. The van der Waals surface area contributed by atoms with Gasteiger partial charge in [-0.15, -0.1) is 11.8 Å². The van der Waals surface area contributed by atoms with Crippen molar-refractivity contribution in [3.8, 4) is 0 Å². The van der Waals surface area contributed by atoms with Crippen molar-refractivity contribution in [2.24, 2.45) is 0 Å². The Morgan fingerprint density at radius 1 is 1.33 bits per heavy atom. The van der Waals surface area contributed by atoms with Gasteiger partial charge in [0.1, 0.15) is 6.04 Å². The van der Waals surface area contributed by atoms with Crippen LogP contribution >= 0.6 is 11.8 Å². The fraction of sp³-hybridized carbons (Fsp3) is 0.556. The number of fused-ring (bicyclic) bond motifs is 1. The Labute approximate surface area is 147 Å². The van der Waals surface area contributed by atoms with Gasteiger partial charge in [0.05, 0.1) is 4.87 Å². The van der Waals surface area contributed by atoms with Crippen LogP contribution in [0.2, 0.25) is 0 Å². The van der Waals surface area contributed by atoms with Crippen LogP contribution in [0.15, 0.2) is 24.3 Å². The van der Waals surface area contributed by atoms with Crippen LogP contribution in [-0.2, 0) is 9.59 Å². The molecule has 130 valence electrons. The van der Waals surface area contributed by atoms with Crippen molar-refractivity contribution in [1.82, 2.24) is 4.90 Å². The largest absolute Gasteiger partial charge is 0.372 e. The number of amides is 2. The van der Waals surface area contributed by atoms with Gasteiger partial charge in [0, 0.05) is 36.6 Å². The summed E-state index contributed by atoms with van der Waals surface area (Å²) in [4.78, 5) is 28.6. The minimum absolute atomic E-state index is 0.0861. The second kappa shape index (κ2) is 6.67. The fourth-order valence-electron chi connectivity index (χ4n) is 3.58. The molecule has 24 heavy (non-hydrogen) atoms. The summed E-state index contributed by atoms with van der Waals surface area (Å²) in [7, 11) is 0. The molecule has 2 atom stereocenters. The van der Waals surface area contributed by atoms with E-state index in [-0.39, 0.29) is 22.7 Å². The standard InChI is InChI=1S/C18H25N3O2S/c1-4-20(5-2)14-8-6-13(7-9-14)19-17(23)15-12-24-18(3)11-10-16(22)21(15)18/h6-9,15H,4-5,10-12H2,1-3H3,(H,19,23)/t15-,18+/m1/s1. The molecule has 1 N–H and O–H groups in total. The van der Waals surface area contributed by atoms with Crippen LogP contribution in [-0.4, -0.2) is 46.5 Å². The number of thioether (sulfide) groups is 1. The molecule has 0 spiro atoms. The van der Waals surface area contributed by atoms with Crippen LogP contribution in [0.3, 0.4) is 0 Å². The molecule has 0 aliphatic carbocycles. The van der Waals surface area contributed by atoms with Crippen molar-refractivity contribution >= 4 is 35.0 Å². The highest BCUT2D eigenvalue weighted by Gasteiger charge is 2.52. The Morgan fingerprint density at radius 2 is 2.00 bits per heavy atom. The molecule has 2 heterocycles. The number of anilines is 2. The maximum absolute atomic E-state index is 12.6. The zero-order chi connectivity index (χ0) is 17.3. The number of hydrogen-bond donors (Lipinski definition) is 1. The van der Waals surface area contributed by atoms with Crippen molar-refractivity contribution in [2.45, 2.75) is 44.5 Å². The SMILES string of the molecule is CCN(CC)c1ccc(NC(=O)[C@H]2CS[C@@]3(C)CCC(=O)N23)cc1. The van der Waals surface area contributed by atoms with Gasteiger partial charge in [-0.25, -0.2) is 0 Å². The molecule has 0 unspecified atom stereocenters. The van der Waals surface area contributed by atoms with Gasteiger partial charge in [-0.05, 0) is 51.5 Å². The van der Waals surface area contributed by atoms with Crippen LogP contribution in [0.1, 0.15) is 33.6 Å². The number of carbonyl (C=O) groups excluding carboxylic acids is 2. The molecular weight excluding hydrogens is 322 g/mol. The third-order valence-corrected chi connectivity index (χ3v) is 6.52. The molecule has 1 aromatic rings. The molecule has 0 aromatic heterocycles. The Balaban J connectivity index is 1.68. The first-order chi connectivity index (χ1) is 11.5. The number of nitrogens with one attached hydrogen (secondary N) is 1. The molecule has 2 fully saturated rings. The van der Waals surface area contributed by atoms with E-state index in [1.807, 2.05) is 24.3 Å². The summed E-state index contributed by atoms with van der Waals surface area (Å²) in [6, 6.07) is 7.54. The summed E-state index contributed by atoms with van der Waals surface area (Å²) < 4.78 is 0. The van der Waals surface area contributed by atoms with Gasteiger partial charge in [-0.3, -0.25) is 9.59 Å². The Kier molecular flexibility index (Phi) is 4.76. The lowest BCUT2D eigenvalue weighted by molar-refractivity contribution is -0.135. The molecular formula is C18H25N3O2S. The first-order valence-corrected chi connectivity index (χ1v) is 9.59. The Hall–Kier alpha value is -1.69. The molecule has 0 bridgehead atoms. The van der Waals surface area contributed by atoms with E-state index in [1.54, 1.807) is 16.7 Å². The van der Waals surface area contributed by atoms with Gasteiger partial charge in [0.25, 0.3) is 0 Å². The topological polar surface area (TPSA) is 52.7 Å². The Morgan fingerprint density at radius 3 is 2.62 bits per heavy atom. The Bertz CT molecular complexity index is 630. The molecule has 2 aliphatic rings. The number of hydrogen-bond acceptors (Lipinski definition) is 4. The van der Waals surface area contributed by atoms with Gasteiger partial charge in [0.15, 0.2) is 0 Å². The molecule has 0 saturated carbocycles. The number of carbonyl (C=O) groups is 2. The third kappa shape index (κ3) is 2.99. The van der Waals surface area contributed by atoms with Crippen LogP contribution < -0.4 is 10.2 Å². The lowest BCUT2D eigenvalue weighted by Crippen LogP contribution is -2.48. The average molecular weight is 347 g/mol. The molecule has 6 heteroatoms. The minimum Gasteiger partial charge on any atom is -0.372 e. The molecule has 3 rings (SSSR count). The van der Waals surface area contributed by atoms with Crippen LogP contribution in [0.5, 0.6) is 0 Å². The van der Waals surface area contributed by atoms with E-state index in [1.165, 1.54) is 0 Å².